The van der Waals surface area contributed by atoms with Crippen molar-refractivity contribution in [3.05, 3.63) is 16.4 Å². The average molecular weight is 237 g/mol. The van der Waals surface area contributed by atoms with Crippen LogP contribution >= 0.6 is 11.3 Å². The van der Waals surface area contributed by atoms with E-state index in [0.717, 1.165) is 34.2 Å². The summed E-state index contributed by atoms with van der Waals surface area (Å²) in [7, 11) is 0. The van der Waals surface area contributed by atoms with Crippen LogP contribution in [0.1, 0.15) is 43.3 Å². The standard InChI is InChI=1S/C11H15N3OS/c1-4-9-13-14-10-7(3)15-6(2)5-8(10)12-11(14)16-9/h6-7H,4-5H2,1-3H3. The molecule has 0 spiro atoms. The Morgan fingerprint density at radius 3 is 3.06 bits per heavy atom. The van der Waals surface area contributed by atoms with Crippen molar-refractivity contribution in [2.75, 3.05) is 0 Å². The second kappa shape index (κ2) is 3.53. The molecule has 4 nitrogen and oxygen atoms in total. The lowest BCUT2D eigenvalue weighted by Gasteiger charge is -2.24. The van der Waals surface area contributed by atoms with E-state index in [0.29, 0.717) is 0 Å². The Hall–Kier alpha value is -0.940. The fraction of sp³-hybridized carbons (Fsp3) is 0.636. The highest BCUT2D eigenvalue weighted by atomic mass is 32.1. The smallest absolute Gasteiger partial charge is 0.212 e. The summed E-state index contributed by atoms with van der Waals surface area (Å²) < 4.78 is 7.79. The lowest BCUT2D eigenvalue weighted by Crippen LogP contribution is -2.23. The third-order valence-corrected chi connectivity index (χ3v) is 4.01. The molecule has 0 saturated heterocycles. The van der Waals surface area contributed by atoms with Crippen molar-refractivity contribution >= 4 is 16.3 Å². The second-order valence-corrected chi connectivity index (χ2v) is 5.32. The van der Waals surface area contributed by atoms with E-state index in [-0.39, 0.29) is 12.2 Å². The first kappa shape index (κ1) is 10.2. The zero-order chi connectivity index (χ0) is 11.3. The molecule has 0 saturated carbocycles. The molecular formula is C11H15N3OS. The molecule has 2 aromatic heterocycles. The van der Waals surface area contributed by atoms with Gasteiger partial charge in [-0.1, -0.05) is 18.3 Å². The summed E-state index contributed by atoms with van der Waals surface area (Å²) in [5, 5.41) is 5.71. The molecule has 86 valence electrons. The Labute approximate surface area is 98.3 Å². The monoisotopic (exact) mass is 237 g/mol. The lowest BCUT2D eigenvalue weighted by molar-refractivity contribution is -0.00887. The van der Waals surface area contributed by atoms with Crippen LogP contribution in [0.25, 0.3) is 4.96 Å². The number of fused-ring (bicyclic) bond motifs is 3. The molecule has 5 heteroatoms. The summed E-state index contributed by atoms with van der Waals surface area (Å²) in [6.07, 6.45) is 2.23. The third-order valence-electron chi connectivity index (χ3n) is 2.96. The van der Waals surface area contributed by atoms with Crippen LogP contribution in [0.5, 0.6) is 0 Å². The Balaban J connectivity index is 2.18. The second-order valence-electron chi connectivity index (χ2n) is 4.28. The molecule has 3 heterocycles. The van der Waals surface area contributed by atoms with Gasteiger partial charge < -0.3 is 4.74 Å². The molecule has 2 aromatic rings. The van der Waals surface area contributed by atoms with Crippen molar-refractivity contribution in [2.45, 2.75) is 45.8 Å². The number of hydrogen-bond acceptors (Lipinski definition) is 4. The van der Waals surface area contributed by atoms with Gasteiger partial charge in [-0.2, -0.15) is 5.10 Å². The topological polar surface area (TPSA) is 39.4 Å². The minimum atomic E-state index is 0.0977. The highest BCUT2D eigenvalue weighted by molar-refractivity contribution is 7.16. The number of aryl methyl sites for hydroxylation is 1. The highest BCUT2D eigenvalue weighted by Crippen LogP contribution is 2.31. The maximum Gasteiger partial charge on any atom is 0.212 e. The van der Waals surface area contributed by atoms with E-state index >= 15 is 0 Å². The minimum Gasteiger partial charge on any atom is -0.369 e. The van der Waals surface area contributed by atoms with Crippen LogP contribution in [0.4, 0.5) is 0 Å². The normalized spacial score (nSPS) is 24.9. The summed E-state index contributed by atoms with van der Waals surface area (Å²) in [6, 6.07) is 0. The van der Waals surface area contributed by atoms with Gasteiger partial charge >= 0.3 is 0 Å². The Kier molecular flexibility index (Phi) is 2.26. The summed E-state index contributed by atoms with van der Waals surface area (Å²) >= 11 is 1.68. The van der Waals surface area contributed by atoms with Crippen LogP contribution in [0.2, 0.25) is 0 Å². The first-order chi connectivity index (χ1) is 7.69. The number of nitrogens with zero attached hydrogens (tertiary/aromatic N) is 3. The summed E-state index contributed by atoms with van der Waals surface area (Å²) in [4.78, 5) is 5.67. The Bertz CT molecular complexity index is 531. The van der Waals surface area contributed by atoms with Gasteiger partial charge in [0.15, 0.2) is 0 Å². The maximum absolute atomic E-state index is 5.83. The SMILES string of the molecule is CCc1nn2c3c(nc2s1)CC(C)OC3C. The predicted octanol–water partition coefficient (Wildman–Crippen LogP) is 2.38. The fourth-order valence-corrected chi connectivity index (χ4v) is 3.14. The van der Waals surface area contributed by atoms with E-state index in [9.17, 15) is 0 Å². The van der Waals surface area contributed by atoms with Crippen LogP contribution in [-0.4, -0.2) is 20.7 Å². The van der Waals surface area contributed by atoms with Crippen LogP contribution in [0.15, 0.2) is 0 Å². The van der Waals surface area contributed by atoms with E-state index in [1.165, 1.54) is 0 Å². The van der Waals surface area contributed by atoms with Crippen molar-refractivity contribution in [3.63, 3.8) is 0 Å². The lowest BCUT2D eigenvalue weighted by atomic mass is 10.1. The van der Waals surface area contributed by atoms with Gasteiger partial charge in [-0.25, -0.2) is 9.50 Å². The molecule has 2 unspecified atom stereocenters. The van der Waals surface area contributed by atoms with Gasteiger partial charge in [-0.3, -0.25) is 0 Å². The number of aromatic nitrogens is 3. The molecule has 0 aliphatic carbocycles. The predicted molar refractivity (Wildman–Crippen MR) is 62.9 cm³/mol. The van der Waals surface area contributed by atoms with Crippen molar-refractivity contribution < 1.29 is 4.74 Å². The molecule has 0 bridgehead atoms. The van der Waals surface area contributed by atoms with Crippen LogP contribution < -0.4 is 0 Å². The average Bonchev–Trinajstić information content (AvgIpc) is 2.72. The summed E-state index contributed by atoms with van der Waals surface area (Å²) in [6.45, 7) is 6.29. The Morgan fingerprint density at radius 2 is 2.31 bits per heavy atom. The number of hydrogen-bond donors (Lipinski definition) is 0. The molecule has 3 rings (SSSR count). The summed E-state index contributed by atoms with van der Waals surface area (Å²) in [5.41, 5.74) is 2.30. The van der Waals surface area contributed by atoms with Crippen LogP contribution in [-0.2, 0) is 17.6 Å². The fourth-order valence-electron chi connectivity index (χ4n) is 2.28. The van der Waals surface area contributed by atoms with Gasteiger partial charge in [0.25, 0.3) is 0 Å². The van der Waals surface area contributed by atoms with E-state index in [4.69, 9.17) is 4.74 Å². The molecule has 1 aliphatic heterocycles. The number of rotatable bonds is 1. The molecule has 0 aromatic carbocycles. The van der Waals surface area contributed by atoms with Gasteiger partial charge in [-0.15, -0.1) is 0 Å². The van der Waals surface area contributed by atoms with E-state index in [1.54, 1.807) is 11.3 Å². The van der Waals surface area contributed by atoms with Gasteiger partial charge in [0.1, 0.15) is 5.01 Å². The van der Waals surface area contributed by atoms with E-state index in [1.807, 2.05) is 4.52 Å². The number of imidazole rings is 1. The van der Waals surface area contributed by atoms with Gasteiger partial charge in [0.2, 0.25) is 4.96 Å². The van der Waals surface area contributed by atoms with E-state index in [2.05, 4.69) is 30.9 Å². The molecular weight excluding hydrogens is 222 g/mol. The molecule has 16 heavy (non-hydrogen) atoms. The van der Waals surface area contributed by atoms with Crippen molar-refractivity contribution in [1.82, 2.24) is 14.6 Å². The molecule has 0 radical (unpaired) electrons. The Morgan fingerprint density at radius 1 is 1.50 bits per heavy atom. The quantitative estimate of drug-likeness (QED) is 0.764. The highest BCUT2D eigenvalue weighted by Gasteiger charge is 2.28. The van der Waals surface area contributed by atoms with Crippen molar-refractivity contribution in [1.29, 1.82) is 0 Å². The maximum atomic E-state index is 5.83. The van der Waals surface area contributed by atoms with Crippen molar-refractivity contribution in [2.24, 2.45) is 0 Å². The zero-order valence-corrected chi connectivity index (χ0v) is 10.5. The van der Waals surface area contributed by atoms with Gasteiger partial charge in [0, 0.05) is 6.42 Å². The summed E-state index contributed by atoms with van der Waals surface area (Å²) in [5.74, 6) is 0. The van der Waals surface area contributed by atoms with Crippen LogP contribution in [0.3, 0.4) is 0 Å². The molecule has 0 N–H and O–H groups in total. The van der Waals surface area contributed by atoms with Gasteiger partial charge in [0.05, 0.1) is 23.6 Å². The molecule has 2 atom stereocenters. The van der Waals surface area contributed by atoms with Crippen molar-refractivity contribution in [3.8, 4) is 0 Å². The zero-order valence-electron chi connectivity index (χ0n) is 9.73. The van der Waals surface area contributed by atoms with Gasteiger partial charge in [-0.05, 0) is 20.3 Å². The molecule has 0 fully saturated rings. The third kappa shape index (κ3) is 1.38. The first-order valence-electron chi connectivity index (χ1n) is 5.71. The minimum absolute atomic E-state index is 0.0977. The molecule has 0 amide bonds. The number of ether oxygens (including phenoxy) is 1. The van der Waals surface area contributed by atoms with Crippen LogP contribution in [0, 0.1) is 0 Å². The first-order valence-corrected chi connectivity index (χ1v) is 6.53. The molecule has 1 aliphatic rings. The van der Waals surface area contributed by atoms with E-state index < -0.39 is 0 Å². The largest absolute Gasteiger partial charge is 0.369 e.